The van der Waals surface area contributed by atoms with Gasteiger partial charge in [-0.3, -0.25) is 9.59 Å². The number of hydrogen-bond donors (Lipinski definition) is 1. The molecule has 3 rings (SSSR count). The molecular weight excluding hydrogens is 413 g/mol. The molecule has 0 unspecified atom stereocenters. The Hall–Kier alpha value is -1.34. The molecule has 1 N–H and O–H groups in total. The van der Waals surface area contributed by atoms with E-state index >= 15 is 0 Å². The number of carbonyl (C=O) groups excluding carboxylic acids is 2. The van der Waals surface area contributed by atoms with Gasteiger partial charge in [-0.1, -0.05) is 23.2 Å². The Morgan fingerprint density at radius 1 is 1.21 bits per heavy atom. The van der Waals surface area contributed by atoms with Crippen molar-refractivity contribution < 1.29 is 14.3 Å². The highest BCUT2D eigenvalue weighted by atomic mass is 35.5. The third-order valence-corrected chi connectivity index (χ3v) is 6.32. The second-order valence-electron chi connectivity index (χ2n) is 7.76. The molecule has 2 heterocycles. The molecule has 2 amide bonds. The van der Waals surface area contributed by atoms with Crippen LogP contribution in [0.15, 0.2) is 18.2 Å². The van der Waals surface area contributed by atoms with Crippen molar-refractivity contribution >= 4 is 35.0 Å². The number of nitrogens with one attached hydrogen (secondary N) is 1. The van der Waals surface area contributed by atoms with Crippen molar-refractivity contribution in [3.63, 3.8) is 0 Å². The SMILES string of the molecule is CO[C@@H]1CN(CCCC(=O)N2CCCC2)CC[C@@H]1NC(=O)c1cc(Cl)ccc1Cl. The Balaban J connectivity index is 1.47. The van der Waals surface area contributed by atoms with Crippen LogP contribution < -0.4 is 5.32 Å². The zero-order valence-corrected chi connectivity index (χ0v) is 18.3. The van der Waals surface area contributed by atoms with E-state index in [1.54, 1.807) is 25.3 Å². The number of ether oxygens (including phenoxy) is 1. The monoisotopic (exact) mass is 441 g/mol. The molecule has 2 saturated heterocycles. The lowest BCUT2D eigenvalue weighted by Crippen LogP contribution is -2.55. The first-order valence-electron chi connectivity index (χ1n) is 10.3. The number of likely N-dealkylation sites (tertiary alicyclic amines) is 2. The zero-order chi connectivity index (χ0) is 20.8. The molecule has 1 aromatic rings. The van der Waals surface area contributed by atoms with Crippen molar-refractivity contribution in [3.05, 3.63) is 33.8 Å². The molecule has 0 saturated carbocycles. The van der Waals surface area contributed by atoms with Gasteiger partial charge in [0, 0.05) is 44.7 Å². The summed E-state index contributed by atoms with van der Waals surface area (Å²) in [5.74, 6) is 0.0283. The number of rotatable bonds is 7. The van der Waals surface area contributed by atoms with Crippen LogP contribution in [-0.4, -0.2) is 73.6 Å². The molecule has 6 nitrogen and oxygen atoms in total. The van der Waals surface area contributed by atoms with E-state index in [-0.39, 0.29) is 24.0 Å². The smallest absolute Gasteiger partial charge is 0.253 e. The zero-order valence-electron chi connectivity index (χ0n) is 16.8. The summed E-state index contributed by atoms with van der Waals surface area (Å²) in [4.78, 5) is 29.1. The van der Waals surface area contributed by atoms with Gasteiger partial charge in [-0.25, -0.2) is 0 Å². The van der Waals surface area contributed by atoms with Gasteiger partial charge in [0.1, 0.15) is 0 Å². The van der Waals surface area contributed by atoms with Crippen LogP contribution in [0.4, 0.5) is 0 Å². The highest BCUT2D eigenvalue weighted by molar-refractivity contribution is 6.35. The summed E-state index contributed by atoms with van der Waals surface area (Å²) in [6.45, 7) is 4.26. The molecule has 1 aromatic carbocycles. The molecule has 0 bridgehead atoms. The lowest BCUT2D eigenvalue weighted by molar-refractivity contribution is -0.130. The van der Waals surface area contributed by atoms with Crippen molar-refractivity contribution in [1.29, 1.82) is 0 Å². The summed E-state index contributed by atoms with van der Waals surface area (Å²) in [5.41, 5.74) is 0.372. The standard InChI is InChI=1S/C21H29Cl2N3O3/c1-29-19-14-25(9-4-5-20(27)26-10-2-3-11-26)12-8-18(19)24-21(28)16-13-15(22)6-7-17(16)23/h6-7,13,18-19H,2-5,8-12,14H2,1H3,(H,24,28)/t18-,19+/m0/s1. The van der Waals surface area contributed by atoms with Crippen molar-refractivity contribution in [2.75, 3.05) is 39.8 Å². The van der Waals surface area contributed by atoms with Crippen LogP contribution in [0.2, 0.25) is 10.0 Å². The van der Waals surface area contributed by atoms with E-state index in [1.165, 1.54) is 0 Å². The number of methoxy groups -OCH3 is 1. The van der Waals surface area contributed by atoms with Gasteiger partial charge in [0.05, 0.1) is 22.7 Å². The lowest BCUT2D eigenvalue weighted by atomic mass is 10.0. The summed E-state index contributed by atoms with van der Waals surface area (Å²) >= 11 is 12.1. The van der Waals surface area contributed by atoms with Gasteiger partial charge < -0.3 is 19.9 Å². The fourth-order valence-corrected chi connectivity index (χ4v) is 4.46. The first-order valence-corrected chi connectivity index (χ1v) is 11.0. The minimum Gasteiger partial charge on any atom is -0.378 e. The number of benzene rings is 1. The molecule has 160 valence electrons. The number of amides is 2. The minimum absolute atomic E-state index is 0.0926. The third-order valence-electron chi connectivity index (χ3n) is 5.76. The second kappa shape index (κ2) is 10.6. The van der Waals surface area contributed by atoms with E-state index in [1.807, 2.05) is 4.90 Å². The molecule has 8 heteroatoms. The molecule has 2 aliphatic heterocycles. The molecule has 0 aromatic heterocycles. The normalized spacial score (nSPS) is 22.7. The molecule has 2 aliphatic rings. The largest absolute Gasteiger partial charge is 0.378 e. The third kappa shape index (κ3) is 6.07. The summed E-state index contributed by atoms with van der Waals surface area (Å²) in [6.07, 6.45) is 4.37. The van der Waals surface area contributed by atoms with E-state index in [0.717, 1.165) is 58.4 Å². The van der Waals surface area contributed by atoms with Gasteiger partial charge in [-0.15, -0.1) is 0 Å². The molecule has 0 radical (unpaired) electrons. The van der Waals surface area contributed by atoms with E-state index in [2.05, 4.69) is 10.2 Å². The van der Waals surface area contributed by atoms with Crippen molar-refractivity contribution in [2.24, 2.45) is 0 Å². The van der Waals surface area contributed by atoms with Crippen molar-refractivity contribution in [1.82, 2.24) is 15.1 Å². The molecule has 0 spiro atoms. The van der Waals surface area contributed by atoms with E-state index in [9.17, 15) is 9.59 Å². The maximum Gasteiger partial charge on any atom is 0.253 e. The van der Waals surface area contributed by atoms with Gasteiger partial charge in [0.15, 0.2) is 0 Å². The van der Waals surface area contributed by atoms with Gasteiger partial charge in [0.2, 0.25) is 5.91 Å². The highest BCUT2D eigenvalue weighted by Gasteiger charge is 2.31. The maximum atomic E-state index is 12.6. The quantitative estimate of drug-likeness (QED) is 0.705. The molecular formula is C21H29Cl2N3O3. The Kier molecular flexibility index (Phi) is 8.18. The summed E-state index contributed by atoms with van der Waals surface area (Å²) in [7, 11) is 1.66. The van der Waals surface area contributed by atoms with Crippen LogP contribution >= 0.6 is 23.2 Å². The summed E-state index contributed by atoms with van der Waals surface area (Å²) in [5, 5.41) is 3.89. The maximum absolute atomic E-state index is 12.6. The minimum atomic E-state index is -0.241. The van der Waals surface area contributed by atoms with E-state index in [0.29, 0.717) is 22.0 Å². The second-order valence-corrected chi connectivity index (χ2v) is 8.60. The van der Waals surface area contributed by atoms with Gasteiger partial charge in [-0.05, 0) is 50.4 Å². The van der Waals surface area contributed by atoms with Crippen molar-refractivity contribution in [2.45, 2.75) is 44.2 Å². The van der Waals surface area contributed by atoms with Crippen LogP contribution in [0.1, 0.15) is 42.5 Å². The first kappa shape index (κ1) is 22.3. The predicted molar refractivity (Wildman–Crippen MR) is 115 cm³/mol. The lowest BCUT2D eigenvalue weighted by Gasteiger charge is -2.38. The molecule has 2 atom stereocenters. The van der Waals surface area contributed by atoms with E-state index in [4.69, 9.17) is 27.9 Å². The molecule has 2 fully saturated rings. The molecule has 29 heavy (non-hydrogen) atoms. The summed E-state index contributed by atoms with van der Waals surface area (Å²) < 4.78 is 5.64. The Morgan fingerprint density at radius 2 is 1.97 bits per heavy atom. The Morgan fingerprint density at radius 3 is 2.69 bits per heavy atom. The van der Waals surface area contributed by atoms with Crippen LogP contribution in [0.25, 0.3) is 0 Å². The van der Waals surface area contributed by atoms with Gasteiger partial charge in [0.25, 0.3) is 5.91 Å². The predicted octanol–water partition coefficient (Wildman–Crippen LogP) is 3.22. The van der Waals surface area contributed by atoms with Gasteiger partial charge in [-0.2, -0.15) is 0 Å². The fraction of sp³-hybridized carbons (Fsp3) is 0.619. The number of piperidine rings is 1. The average molecular weight is 442 g/mol. The number of nitrogens with zero attached hydrogens (tertiary/aromatic N) is 2. The number of halogens is 2. The van der Waals surface area contributed by atoms with Crippen LogP contribution in [-0.2, 0) is 9.53 Å². The molecule has 0 aliphatic carbocycles. The van der Waals surface area contributed by atoms with E-state index < -0.39 is 0 Å². The highest BCUT2D eigenvalue weighted by Crippen LogP contribution is 2.22. The Labute approximate surface area is 182 Å². The van der Waals surface area contributed by atoms with Crippen LogP contribution in [0, 0.1) is 0 Å². The fourth-order valence-electron chi connectivity index (χ4n) is 4.08. The van der Waals surface area contributed by atoms with Crippen LogP contribution in [0.3, 0.4) is 0 Å². The Bertz CT molecular complexity index is 725. The number of carbonyl (C=O) groups is 2. The average Bonchev–Trinajstić information content (AvgIpc) is 3.25. The van der Waals surface area contributed by atoms with Crippen molar-refractivity contribution in [3.8, 4) is 0 Å². The number of hydrogen-bond acceptors (Lipinski definition) is 4. The van der Waals surface area contributed by atoms with Gasteiger partial charge >= 0.3 is 0 Å². The van der Waals surface area contributed by atoms with Crippen LogP contribution in [0.5, 0.6) is 0 Å². The topological polar surface area (TPSA) is 61.9 Å². The first-order chi connectivity index (χ1) is 14.0. The summed E-state index contributed by atoms with van der Waals surface area (Å²) in [6, 6.07) is 4.77.